The van der Waals surface area contributed by atoms with E-state index in [-0.39, 0.29) is 212 Å². The monoisotopic (exact) mass is 404 g/mol. The van der Waals surface area contributed by atoms with Gasteiger partial charge in [0.25, 0.3) is 0 Å². The number of hydrogen-bond acceptors (Lipinski definition) is 0. The molecule has 0 fully saturated rings. The van der Waals surface area contributed by atoms with Crippen LogP contribution in [0.3, 0.4) is 0 Å². The smallest absolute Gasteiger partial charge is 3.00 e. The predicted molar refractivity (Wildman–Crippen MR) is 58.0 cm³/mol. The first kappa shape index (κ1) is 331. The largest absolute Gasteiger partial charge is 4.00 e. The molecular formula is Al6N7Ti3. The zero-order valence-corrected chi connectivity index (χ0v) is 19.7. The van der Waals surface area contributed by atoms with Crippen LogP contribution < -0.4 is 0 Å². The molecule has 0 N–H and O–H groups in total. The Balaban J connectivity index is 0. The first-order valence-corrected chi connectivity index (χ1v) is 0. The number of nitrogens with zero attached hydrogens (tertiary/aromatic N) is 7. The van der Waals surface area contributed by atoms with E-state index in [4.69, 9.17) is 0 Å². The van der Waals surface area contributed by atoms with Crippen LogP contribution in [0.5, 0.6) is 0 Å². The van der Waals surface area contributed by atoms with Crippen molar-refractivity contribution in [3.63, 3.8) is 0 Å². The Hall–Kier alpha value is 5.06. The maximum atomic E-state index is 0. The zero-order valence-electron chi connectivity index (χ0n) is 8.09. The average Bonchev–Trinajstić information content (AvgIpc) is 0. The first-order chi connectivity index (χ1) is 0. The summed E-state index contributed by atoms with van der Waals surface area (Å²) in [6, 6.07) is 0. The molecule has 16 heavy (non-hydrogen) atoms. The van der Waals surface area contributed by atoms with Crippen LogP contribution in [-0.4, -0.2) is 104 Å². The van der Waals surface area contributed by atoms with Gasteiger partial charge in [0.2, 0.25) is 0 Å². The molecule has 0 unspecified atom stereocenters. The van der Waals surface area contributed by atoms with Crippen molar-refractivity contribution >= 4 is 104 Å². The SMILES string of the molecule is [Al+3].[Al+3].[Al+3].[Al].[Al].[Al].[N-3].[N-3].[N-3].[N-3].[N-3].[N-3].[N-3].[Ti+4].[Ti+4].[Ti+4]. The summed E-state index contributed by atoms with van der Waals surface area (Å²) in [4.78, 5) is 0. The Morgan fingerprint density at radius 3 is 0.250 bits per heavy atom. The van der Waals surface area contributed by atoms with Crippen molar-refractivity contribution in [3.05, 3.63) is 43.1 Å². The van der Waals surface area contributed by atoms with Crippen LogP contribution in [0.4, 0.5) is 0 Å². The molecule has 0 aliphatic rings. The van der Waals surface area contributed by atoms with E-state index in [9.17, 15) is 0 Å². The standard InChI is InChI=1S/6Al.7N.3Ti/q;;;3*+3;7*-3;3*+4. The zero-order chi connectivity index (χ0) is 0. The summed E-state index contributed by atoms with van der Waals surface area (Å²) < 4.78 is 0. The number of rotatable bonds is 0. The van der Waals surface area contributed by atoms with Gasteiger partial charge in [0.1, 0.15) is 0 Å². The van der Waals surface area contributed by atoms with E-state index in [1.54, 1.807) is 0 Å². The van der Waals surface area contributed by atoms with E-state index in [0.29, 0.717) is 0 Å². The Kier molecular flexibility index (Phi) is 5890. The van der Waals surface area contributed by atoms with Gasteiger partial charge in [-0.25, -0.2) is 0 Å². The van der Waals surface area contributed by atoms with Crippen molar-refractivity contribution in [1.29, 1.82) is 0 Å². The topological polar surface area (TPSA) is 214 Å². The molecule has 0 saturated heterocycles. The Morgan fingerprint density at radius 2 is 0.250 bits per heavy atom. The quantitative estimate of drug-likeness (QED) is 0.477. The van der Waals surface area contributed by atoms with Crippen LogP contribution in [0.2, 0.25) is 0 Å². The molecule has 0 rings (SSSR count). The third-order valence-electron chi connectivity index (χ3n) is 0. The van der Waals surface area contributed by atoms with Gasteiger partial charge in [0.15, 0.2) is 0 Å². The molecule has 0 heterocycles. The molecule has 16 heteroatoms. The van der Waals surface area contributed by atoms with Crippen molar-refractivity contribution in [2.45, 2.75) is 0 Å². The summed E-state index contributed by atoms with van der Waals surface area (Å²) >= 11 is 0. The van der Waals surface area contributed by atoms with Crippen LogP contribution in [0, 0.1) is 0 Å². The Bertz CT molecular complexity index is 24.1. The van der Waals surface area contributed by atoms with Crippen LogP contribution in [0.25, 0.3) is 43.1 Å². The van der Waals surface area contributed by atoms with Crippen LogP contribution in [-0.2, 0) is 65.2 Å². The second-order valence-corrected chi connectivity index (χ2v) is 0. The minimum Gasteiger partial charge on any atom is -3.00 e. The van der Waals surface area contributed by atoms with Crippen LogP contribution in [0.15, 0.2) is 0 Å². The molecule has 65 valence electrons. The van der Waals surface area contributed by atoms with Gasteiger partial charge in [0.05, 0.1) is 0 Å². The molecule has 0 saturated carbocycles. The summed E-state index contributed by atoms with van der Waals surface area (Å²) in [5.41, 5.74) is 0. The summed E-state index contributed by atoms with van der Waals surface area (Å²) in [6.07, 6.45) is 0. The van der Waals surface area contributed by atoms with Crippen LogP contribution >= 0.6 is 0 Å². The summed E-state index contributed by atoms with van der Waals surface area (Å²) in [5.74, 6) is 0. The third kappa shape index (κ3) is 243. The van der Waals surface area contributed by atoms with Gasteiger partial charge in [-0.3, -0.25) is 0 Å². The molecule has 0 bridgehead atoms. The van der Waals surface area contributed by atoms with Gasteiger partial charge in [0, 0.05) is 52.1 Å². The van der Waals surface area contributed by atoms with Gasteiger partial charge in [-0.05, 0) is 0 Å². The van der Waals surface area contributed by atoms with Crippen molar-refractivity contribution in [1.82, 2.24) is 0 Å². The normalized spacial score (nSPS) is 0. The Labute approximate surface area is 209 Å². The fourth-order valence-corrected chi connectivity index (χ4v) is 0. The van der Waals surface area contributed by atoms with Gasteiger partial charge in [-0.1, -0.05) is 0 Å². The summed E-state index contributed by atoms with van der Waals surface area (Å²) in [7, 11) is 0. The van der Waals surface area contributed by atoms with Gasteiger partial charge >= 0.3 is 117 Å². The third-order valence-corrected chi connectivity index (χ3v) is 0. The van der Waals surface area contributed by atoms with E-state index in [2.05, 4.69) is 0 Å². The molecule has 9 radical (unpaired) electrons. The second kappa shape index (κ2) is 285. The van der Waals surface area contributed by atoms with Crippen molar-refractivity contribution in [3.8, 4) is 0 Å². The molecule has 0 aromatic carbocycles. The minimum atomic E-state index is 0. The number of hydrogen-bond donors (Lipinski definition) is 0. The predicted octanol–water partition coefficient (Wildman–Crippen LogP) is -0.271. The van der Waals surface area contributed by atoms with E-state index in [0.717, 1.165) is 0 Å². The molecule has 0 spiro atoms. The van der Waals surface area contributed by atoms with Gasteiger partial charge < -0.3 is 43.1 Å². The van der Waals surface area contributed by atoms with Gasteiger partial charge in [-0.15, -0.1) is 0 Å². The fraction of sp³-hybridized carbons (Fsp3) is 0. The molecule has 0 aromatic rings. The molecule has 0 aliphatic heterocycles. The molecule has 0 aromatic heterocycles. The molecular weight excluding hydrogens is 404 g/mol. The molecule has 0 atom stereocenters. The molecule has 0 amide bonds. The average molecular weight is 404 g/mol. The van der Waals surface area contributed by atoms with E-state index >= 15 is 0 Å². The van der Waals surface area contributed by atoms with Crippen LogP contribution in [0.1, 0.15) is 0 Å². The first-order valence-electron chi connectivity index (χ1n) is 0. The summed E-state index contributed by atoms with van der Waals surface area (Å²) in [6.45, 7) is 0. The van der Waals surface area contributed by atoms with E-state index in [1.165, 1.54) is 0 Å². The van der Waals surface area contributed by atoms with E-state index in [1.807, 2.05) is 0 Å². The van der Waals surface area contributed by atoms with E-state index < -0.39 is 0 Å². The van der Waals surface area contributed by atoms with Crippen molar-refractivity contribution in [2.75, 3.05) is 0 Å². The summed E-state index contributed by atoms with van der Waals surface area (Å²) in [5, 5.41) is 0. The second-order valence-electron chi connectivity index (χ2n) is 0. The molecule has 0 aliphatic carbocycles. The minimum absolute atomic E-state index is 0. The van der Waals surface area contributed by atoms with Crippen molar-refractivity contribution in [2.24, 2.45) is 0 Å². The fourth-order valence-electron chi connectivity index (χ4n) is 0. The Morgan fingerprint density at radius 1 is 0.250 bits per heavy atom. The van der Waals surface area contributed by atoms with Gasteiger partial charge in [-0.2, -0.15) is 0 Å². The molecule has 7 nitrogen and oxygen atoms in total. The maximum absolute atomic E-state index is 0. The van der Waals surface area contributed by atoms with Crippen molar-refractivity contribution < 1.29 is 65.2 Å². The maximum Gasteiger partial charge on any atom is 4.00 e.